The third-order valence-electron chi connectivity index (χ3n) is 3.03. The summed E-state index contributed by atoms with van der Waals surface area (Å²) in [6.07, 6.45) is 0.953. The van der Waals surface area contributed by atoms with Crippen molar-refractivity contribution in [1.82, 2.24) is 0 Å². The van der Waals surface area contributed by atoms with Gasteiger partial charge in [-0.1, -0.05) is 11.8 Å². The molecule has 0 aliphatic rings. The van der Waals surface area contributed by atoms with Crippen molar-refractivity contribution in [3.05, 3.63) is 29.6 Å². The molecule has 7 heteroatoms. The number of amides is 1. The van der Waals surface area contributed by atoms with Crippen molar-refractivity contribution >= 4 is 21.4 Å². The van der Waals surface area contributed by atoms with Gasteiger partial charge < -0.3 is 11.1 Å². The van der Waals surface area contributed by atoms with Gasteiger partial charge in [-0.3, -0.25) is 4.79 Å². The van der Waals surface area contributed by atoms with Crippen LogP contribution in [0.25, 0.3) is 0 Å². The zero-order valence-electron chi connectivity index (χ0n) is 12.0. The Morgan fingerprint density at radius 1 is 1.43 bits per heavy atom. The number of benzene rings is 1. The van der Waals surface area contributed by atoms with Crippen LogP contribution in [0.15, 0.2) is 18.2 Å². The highest BCUT2D eigenvalue weighted by Crippen LogP contribution is 2.21. The first-order valence-electron chi connectivity index (χ1n) is 6.09. The van der Waals surface area contributed by atoms with Crippen molar-refractivity contribution in [3.8, 4) is 11.8 Å². The Kier molecular flexibility index (Phi) is 5.10. The van der Waals surface area contributed by atoms with Crippen molar-refractivity contribution < 1.29 is 17.6 Å². The van der Waals surface area contributed by atoms with Gasteiger partial charge in [0.05, 0.1) is 12.2 Å². The van der Waals surface area contributed by atoms with E-state index >= 15 is 0 Å². The molecule has 0 fully saturated rings. The maximum absolute atomic E-state index is 13.9. The molecule has 0 saturated carbocycles. The van der Waals surface area contributed by atoms with E-state index in [4.69, 9.17) is 5.73 Å². The summed E-state index contributed by atoms with van der Waals surface area (Å²) >= 11 is 0. The van der Waals surface area contributed by atoms with E-state index in [1.165, 1.54) is 26.0 Å². The minimum atomic E-state index is -3.63. The van der Waals surface area contributed by atoms with Crippen molar-refractivity contribution in [2.75, 3.05) is 18.1 Å². The van der Waals surface area contributed by atoms with Gasteiger partial charge in [-0.15, -0.1) is 0 Å². The van der Waals surface area contributed by atoms with Crippen molar-refractivity contribution in [3.63, 3.8) is 0 Å². The summed E-state index contributed by atoms with van der Waals surface area (Å²) < 4.78 is 35.3. The van der Waals surface area contributed by atoms with Crippen LogP contribution >= 0.6 is 0 Å². The molecule has 0 radical (unpaired) electrons. The van der Waals surface area contributed by atoms with E-state index in [1.54, 1.807) is 0 Å². The molecule has 0 aliphatic heterocycles. The van der Waals surface area contributed by atoms with E-state index in [1.807, 2.05) is 0 Å². The Hall–Kier alpha value is -1.91. The summed E-state index contributed by atoms with van der Waals surface area (Å²) in [5.41, 5.74) is 5.53. The average Bonchev–Trinajstić information content (AvgIpc) is 2.37. The molecular formula is C14H17FN2O3S. The second-order valence-corrected chi connectivity index (χ2v) is 7.50. The molecule has 21 heavy (non-hydrogen) atoms. The molecule has 0 unspecified atom stereocenters. The Balaban J connectivity index is 3.02. The maximum atomic E-state index is 13.9. The van der Waals surface area contributed by atoms with Gasteiger partial charge in [0.1, 0.15) is 10.6 Å². The van der Waals surface area contributed by atoms with Crippen LogP contribution in [0.1, 0.15) is 19.4 Å². The quantitative estimate of drug-likeness (QED) is 0.812. The van der Waals surface area contributed by atoms with Crippen LogP contribution < -0.4 is 11.1 Å². The molecule has 3 N–H and O–H groups in total. The van der Waals surface area contributed by atoms with E-state index in [0.717, 1.165) is 12.3 Å². The zero-order valence-corrected chi connectivity index (χ0v) is 12.8. The van der Waals surface area contributed by atoms with E-state index in [2.05, 4.69) is 17.2 Å². The number of carbonyl (C=O) groups excluding carboxylic acids is 1. The summed E-state index contributed by atoms with van der Waals surface area (Å²) in [7, 11) is -3.63. The number of nitrogens with one attached hydrogen (secondary N) is 1. The number of hydrogen-bond donors (Lipinski definition) is 2. The van der Waals surface area contributed by atoms with Crippen LogP contribution in [0, 0.1) is 17.7 Å². The van der Waals surface area contributed by atoms with E-state index in [-0.39, 0.29) is 12.2 Å². The molecule has 1 rings (SSSR count). The summed E-state index contributed by atoms with van der Waals surface area (Å²) in [4.78, 5) is 12.0. The van der Waals surface area contributed by atoms with Gasteiger partial charge in [0.2, 0.25) is 5.91 Å². The van der Waals surface area contributed by atoms with Gasteiger partial charge in [-0.05, 0) is 32.0 Å². The Labute approximate surface area is 123 Å². The van der Waals surface area contributed by atoms with Crippen molar-refractivity contribution in [2.45, 2.75) is 18.6 Å². The number of rotatable bonds is 3. The van der Waals surface area contributed by atoms with E-state index in [9.17, 15) is 17.6 Å². The molecule has 114 valence electrons. The highest BCUT2D eigenvalue weighted by atomic mass is 32.2. The number of nitrogens with two attached hydrogens (primary N) is 1. The number of anilines is 1. The van der Waals surface area contributed by atoms with Crippen LogP contribution in [-0.4, -0.2) is 31.9 Å². The lowest BCUT2D eigenvalue weighted by molar-refractivity contribution is -0.117. The monoisotopic (exact) mass is 312 g/mol. The highest BCUT2D eigenvalue weighted by molar-refractivity contribution is 7.92. The first-order chi connectivity index (χ1) is 9.59. The molecule has 1 amide bonds. The van der Waals surface area contributed by atoms with Crippen LogP contribution in [0.5, 0.6) is 0 Å². The molecule has 0 bridgehead atoms. The molecule has 1 aromatic carbocycles. The number of carbonyl (C=O) groups is 1. The third-order valence-corrected chi connectivity index (χ3v) is 5.07. The van der Waals surface area contributed by atoms with E-state index < -0.39 is 26.3 Å². The maximum Gasteiger partial charge on any atom is 0.245 e. The zero-order chi connectivity index (χ0) is 16.3. The van der Waals surface area contributed by atoms with Gasteiger partial charge in [-0.25, -0.2) is 12.8 Å². The predicted octanol–water partition coefficient (Wildman–Crippen LogP) is 0.898. The minimum absolute atomic E-state index is 0.102. The smallest absolute Gasteiger partial charge is 0.245 e. The number of sulfone groups is 1. The molecule has 0 spiro atoms. The standard InChI is InChI=1S/C14H17FN2O3S/c1-14(2,21(3,19)20)13(18)17-12-7-6-10(5-4-8-16)9-11(12)15/h6-7,9H,8,16H2,1-3H3,(H,17,18). The van der Waals surface area contributed by atoms with Crippen LogP contribution in [0.4, 0.5) is 10.1 Å². The van der Waals surface area contributed by atoms with Gasteiger partial charge in [0.25, 0.3) is 0 Å². The Morgan fingerprint density at radius 3 is 2.52 bits per heavy atom. The summed E-state index contributed by atoms with van der Waals surface area (Å²) in [6, 6.07) is 3.98. The largest absolute Gasteiger partial charge is 0.322 e. The first kappa shape index (κ1) is 17.1. The minimum Gasteiger partial charge on any atom is -0.322 e. The first-order valence-corrected chi connectivity index (χ1v) is 7.98. The SMILES string of the molecule is CC(C)(C(=O)Nc1ccc(C#CCN)cc1F)S(C)(=O)=O. The molecule has 0 saturated heterocycles. The molecule has 0 aromatic heterocycles. The second kappa shape index (κ2) is 6.24. The van der Waals surface area contributed by atoms with Gasteiger partial charge >= 0.3 is 0 Å². The van der Waals surface area contributed by atoms with Gasteiger partial charge in [-0.2, -0.15) is 0 Å². The molecule has 5 nitrogen and oxygen atoms in total. The fourth-order valence-corrected chi connectivity index (χ4v) is 1.68. The third kappa shape index (κ3) is 4.03. The molecule has 0 atom stereocenters. The molecule has 0 heterocycles. The molecule has 0 aliphatic carbocycles. The van der Waals surface area contributed by atoms with Crippen molar-refractivity contribution in [1.29, 1.82) is 0 Å². The lowest BCUT2D eigenvalue weighted by Crippen LogP contribution is -2.44. The summed E-state index contributed by atoms with van der Waals surface area (Å²) in [5, 5.41) is 2.27. The number of halogens is 1. The normalized spacial score (nSPS) is 11.5. The Bertz CT molecular complexity index is 715. The van der Waals surface area contributed by atoms with Crippen LogP contribution in [0.3, 0.4) is 0 Å². The molecule has 1 aromatic rings. The Morgan fingerprint density at radius 2 is 2.05 bits per heavy atom. The lowest BCUT2D eigenvalue weighted by Gasteiger charge is -2.21. The fraction of sp³-hybridized carbons (Fsp3) is 0.357. The highest BCUT2D eigenvalue weighted by Gasteiger charge is 2.38. The topological polar surface area (TPSA) is 89.3 Å². The fourth-order valence-electron chi connectivity index (χ4n) is 1.29. The van der Waals surface area contributed by atoms with Gasteiger partial charge in [0, 0.05) is 11.8 Å². The van der Waals surface area contributed by atoms with Gasteiger partial charge in [0.15, 0.2) is 9.84 Å². The number of hydrogen-bond acceptors (Lipinski definition) is 4. The predicted molar refractivity (Wildman–Crippen MR) is 79.9 cm³/mol. The van der Waals surface area contributed by atoms with Crippen LogP contribution in [-0.2, 0) is 14.6 Å². The van der Waals surface area contributed by atoms with E-state index in [0.29, 0.717) is 5.56 Å². The lowest BCUT2D eigenvalue weighted by atomic mass is 10.1. The second-order valence-electron chi connectivity index (χ2n) is 4.94. The van der Waals surface area contributed by atoms with Crippen molar-refractivity contribution in [2.24, 2.45) is 5.73 Å². The average molecular weight is 312 g/mol. The summed E-state index contributed by atoms with van der Waals surface area (Å²) in [5.74, 6) is 3.74. The summed E-state index contributed by atoms with van der Waals surface area (Å²) in [6.45, 7) is 2.68. The van der Waals surface area contributed by atoms with Crippen LogP contribution in [0.2, 0.25) is 0 Å². The molecular weight excluding hydrogens is 295 g/mol.